The molecule has 3 aromatic rings. The van der Waals surface area contributed by atoms with E-state index in [1.165, 1.54) is 0 Å². The summed E-state index contributed by atoms with van der Waals surface area (Å²) in [5.41, 5.74) is 8.67. The molecule has 0 amide bonds. The van der Waals surface area contributed by atoms with Gasteiger partial charge in [0.05, 0.1) is 11.4 Å². The first-order valence-electron chi connectivity index (χ1n) is 5.21. The van der Waals surface area contributed by atoms with E-state index in [0.717, 1.165) is 27.3 Å². The molecule has 0 spiro atoms. The Morgan fingerprint density at radius 3 is 2.82 bits per heavy atom. The normalized spacial score (nSPS) is 11.2. The number of halogens is 1. The zero-order valence-corrected chi connectivity index (χ0v) is 9.99. The number of aryl methyl sites for hydroxylation is 1. The summed E-state index contributed by atoms with van der Waals surface area (Å²) in [6, 6.07) is 9.71. The number of hydrogen-bond donors (Lipinski definition) is 2. The summed E-state index contributed by atoms with van der Waals surface area (Å²) in [6.45, 7) is 0. The van der Waals surface area contributed by atoms with E-state index < -0.39 is 0 Å². The van der Waals surface area contributed by atoms with Gasteiger partial charge < -0.3 is 10.3 Å². The Bertz CT molecular complexity index is 696. The minimum absolute atomic E-state index is 0.489. The van der Waals surface area contributed by atoms with Crippen molar-refractivity contribution in [2.45, 2.75) is 0 Å². The van der Waals surface area contributed by atoms with Gasteiger partial charge in [0.25, 0.3) is 0 Å². The van der Waals surface area contributed by atoms with Crippen LogP contribution < -0.4 is 5.73 Å². The topological polar surface area (TPSA) is 59.6 Å². The summed E-state index contributed by atoms with van der Waals surface area (Å²) < 4.78 is 2.08. The summed E-state index contributed by atoms with van der Waals surface area (Å²) >= 11 is 5.98. The van der Waals surface area contributed by atoms with Crippen LogP contribution in [0, 0.1) is 0 Å². The molecule has 17 heavy (non-hydrogen) atoms. The number of H-pyrrole nitrogens is 1. The lowest BCUT2D eigenvalue weighted by atomic mass is 10.2. The van der Waals surface area contributed by atoms with Crippen molar-refractivity contribution >= 4 is 28.3 Å². The van der Waals surface area contributed by atoms with Crippen LogP contribution in [-0.2, 0) is 7.05 Å². The predicted molar refractivity (Wildman–Crippen MR) is 69.9 cm³/mol. The molecule has 0 radical (unpaired) electrons. The van der Waals surface area contributed by atoms with E-state index in [4.69, 9.17) is 17.3 Å². The summed E-state index contributed by atoms with van der Waals surface area (Å²) in [5, 5.41) is 8.68. The van der Waals surface area contributed by atoms with Gasteiger partial charge in [0.2, 0.25) is 0 Å². The molecule has 0 aliphatic heterocycles. The van der Waals surface area contributed by atoms with Crippen LogP contribution in [0.15, 0.2) is 30.3 Å². The third-order valence-electron chi connectivity index (χ3n) is 2.88. The first-order valence-corrected chi connectivity index (χ1v) is 5.59. The van der Waals surface area contributed by atoms with Crippen molar-refractivity contribution in [2.24, 2.45) is 7.05 Å². The van der Waals surface area contributed by atoms with Crippen molar-refractivity contribution in [2.75, 3.05) is 5.73 Å². The van der Waals surface area contributed by atoms with Crippen LogP contribution in [0.25, 0.3) is 22.3 Å². The van der Waals surface area contributed by atoms with Crippen molar-refractivity contribution < 1.29 is 0 Å². The number of rotatable bonds is 1. The van der Waals surface area contributed by atoms with Crippen LogP contribution in [0.4, 0.5) is 5.82 Å². The van der Waals surface area contributed by atoms with Crippen molar-refractivity contribution in [3.05, 3.63) is 35.4 Å². The molecule has 2 aromatic heterocycles. The summed E-state index contributed by atoms with van der Waals surface area (Å²) in [5.74, 6) is 0.489. The number of nitrogens with two attached hydrogens (primary N) is 1. The number of nitrogen functional groups attached to an aromatic ring is 1. The van der Waals surface area contributed by atoms with Crippen molar-refractivity contribution in [1.82, 2.24) is 14.8 Å². The molecule has 3 rings (SSSR count). The Labute approximate surface area is 103 Å². The van der Waals surface area contributed by atoms with Crippen LogP contribution in [0.3, 0.4) is 0 Å². The molecule has 1 aromatic carbocycles. The van der Waals surface area contributed by atoms with Gasteiger partial charge in [-0.1, -0.05) is 11.6 Å². The third kappa shape index (κ3) is 1.57. The second-order valence-electron chi connectivity index (χ2n) is 4.00. The standard InChI is InChI=1S/C12H11ClN4/c1-17-10-3-2-8(13)4-7(10)5-11(17)9-6-12(14)16-15-9/h2-6H,1H3,(H3,14,15,16). The minimum atomic E-state index is 0.489. The maximum absolute atomic E-state index is 5.98. The van der Waals surface area contributed by atoms with Gasteiger partial charge in [0.1, 0.15) is 5.82 Å². The highest BCUT2D eigenvalue weighted by Crippen LogP contribution is 2.28. The van der Waals surface area contributed by atoms with Gasteiger partial charge in [-0.3, -0.25) is 5.10 Å². The van der Waals surface area contributed by atoms with Gasteiger partial charge in [-0.05, 0) is 24.3 Å². The second kappa shape index (κ2) is 3.53. The van der Waals surface area contributed by atoms with Gasteiger partial charge in [0.15, 0.2) is 0 Å². The Morgan fingerprint density at radius 1 is 1.29 bits per heavy atom. The van der Waals surface area contributed by atoms with Crippen LogP contribution in [0.5, 0.6) is 0 Å². The molecule has 0 fully saturated rings. The number of nitrogens with one attached hydrogen (secondary N) is 1. The lowest BCUT2D eigenvalue weighted by Crippen LogP contribution is -1.91. The first-order chi connectivity index (χ1) is 8.15. The molecule has 3 N–H and O–H groups in total. The Kier molecular flexibility index (Phi) is 2.12. The number of nitrogens with zero attached hydrogens (tertiary/aromatic N) is 2. The largest absolute Gasteiger partial charge is 0.382 e. The number of anilines is 1. The van der Waals surface area contributed by atoms with E-state index in [-0.39, 0.29) is 0 Å². The third-order valence-corrected chi connectivity index (χ3v) is 3.11. The highest BCUT2D eigenvalue weighted by Gasteiger charge is 2.09. The van der Waals surface area contributed by atoms with Gasteiger partial charge in [-0.2, -0.15) is 5.10 Å². The van der Waals surface area contributed by atoms with E-state index in [9.17, 15) is 0 Å². The van der Waals surface area contributed by atoms with E-state index >= 15 is 0 Å². The van der Waals surface area contributed by atoms with E-state index in [1.54, 1.807) is 0 Å². The zero-order valence-electron chi connectivity index (χ0n) is 9.24. The van der Waals surface area contributed by atoms with E-state index in [2.05, 4.69) is 20.8 Å². The number of aromatic amines is 1. The first kappa shape index (κ1) is 10.2. The summed E-state index contributed by atoms with van der Waals surface area (Å²) in [7, 11) is 2.00. The van der Waals surface area contributed by atoms with E-state index in [1.807, 2.05) is 31.3 Å². The molecule has 0 saturated carbocycles. The Morgan fingerprint density at radius 2 is 2.12 bits per heavy atom. The lowest BCUT2D eigenvalue weighted by Gasteiger charge is -2.00. The molecule has 0 atom stereocenters. The van der Waals surface area contributed by atoms with Crippen LogP contribution in [-0.4, -0.2) is 14.8 Å². The van der Waals surface area contributed by atoms with Gasteiger partial charge in [0, 0.05) is 29.0 Å². The number of benzene rings is 1. The Balaban J connectivity index is 2.27. The molecule has 5 heteroatoms. The molecular formula is C12H11ClN4. The lowest BCUT2D eigenvalue weighted by molar-refractivity contribution is 0.964. The SMILES string of the molecule is Cn1c(-c2cc(N)n[nH]2)cc2cc(Cl)ccc21. The molecule has 0 saturated heterocycles. The quantitative estimate of drug-likeness (QED) is 0.694. The smallest absolute Gasteiger partial charge is 0.145 e. The van der Waals surface area contributed by atoms with Crippen LogP contribution >= 0.6 is 11.6 Å². The van der Waals surface area contributed by atoms with E-state index in [0.29, 0.717) is 5.82 Å². The second-order valence-corrected chi connectivity index (χ2v) is 4.43. The number of aromatic nitrogens is 3. The highest BCUT2D eigenvalue weighted by molar-refractivity contribution is 6.31. The summed E-state index contributed by atoms with van der Waals surface area (Å²) in [4.78, 5) is 0. The van der Waals surface area contributed by atoms with Gasteiger partial charge in [-0.25, -0.2) is 0 Å². The van der Waals surface area contributed by atoms with Crippen molar-refractivity contribution in [1.29, 1.82) is 0 Å². The van der Waals surface area contributed by atoms with Crippen molar-refractivity contribution in [3.8, 4) is 11.4 Å². The van der Waals surface area contributed by atoms with Crippen molar-refractivity contribution in [3.63, 3.8) is 0 Å². The molecule has 86 valence electrons. The van der Waals surface area contributed by atoms with Gasteiger partial charge in [-0.15, -0.1) is 0 Å². The average molecular weight is 247 g/mol. The van der Waals surface area contributed by atoms with Crippen LogP contribution in [0.2, 0.25) is 5.02 Å². The fourth-order valence-electron chi connectivity index (χ4n) is 2.05. The average Bonchev–Trinajstić information content (AvgIpc) is 2.83. The fraction of sp³-hybridized carbons (Fsp3) is 0.0833. The van der Waals surface area contributed by atoms with Gasteiger partial charge >= 0.3 is 0 Å². The van der Waals surface area contributed by atoms with Crippen LogP contribution in [0.1, 0.15) is 0 Å². The maximum Gasteiger partial charge on any atom is 0.145 e. The zero-order chi connectivity index (χ0) is 12.0. The molecule has 4 nitrogen and oxygen atoms in total. The maximum atomic E-state index is 5.98. The summed E-state index contributed by atoms with van der Waals surface area (Å²) in [6.07, 6.45) is 0. The predicted octanol–water partition coefficient (Wildman–Crippen LogP) is 2.80. The fourth-order valence-corrected chi connectivity index (χ4v) is 2.23. The molecule has 0 bridgehead atoms. The molecule has 0 aliphatic rings. The number of hydrogen-bond acceptors (Lipinski definition) is 2. The molecule has 0 unspecified atom stereocenters. The minimum Gasteiger partial charge on any atom is -0.382 e. The molecular weight excluding hydrogens is 236 g/mol. The molecule has 2 heterocycles. The molecule has 0 aliphatic carbocycles. The highest BCUT2D eigenvalue weighted by atomic mass is 35.5. The Hall–Kier alpha value is -1.94. The monoisotopic (exact) mass is 246 g/mol. The number of fused-ring (bicyclic) bond motifs is 1.